The summed E-state index contributed by atoms with van der Waals surface area (Å²) in [5.41, 5.74) is 1.60. The lowest BCUT2D eigenvalue weighted by atomic mass is 9.93. The van der Waals surface area contributed by atoms with Crippen LogP contribution in [0.15, 0.2) is 18.2 Å². The zero-order chi connectivity index (χ0) is 14.5. The van der Waals surface area contributed by atoms with Crippen molar-refractivity contribution in [3.8, 4) is 0 Å². The minimum atomic E-state index is 0.0748. The molecule has 1 aliphatic rings. The van der Waals surface area contributed by atoms with Crippen molar-refractivity contribution in [3.63, 3.8) is 0 Å². The van der Waals surface area contributed by atoms with Gasteiger partial charge in [0.25, 0.3) is 5.91 Å². The molecule has 3 nitrogen and oxygen atoms in total. The second-order valence-corrected chi connectivity index (χ2v) is 5.94. The van der Waals surface area contributed by atoms with Crippen LogP contribution in [0.1, 0.15) is 35.2 Å². The second kappa shape index (κ2) is 7.09. The summed E-state index contributed by atoms with van der Waals surface area (Å²) in [6, 6.07) is 5.65. The average Bonchev–Trinajstić information content (AvgIpc) is 2.48. The Bertz CT molecular complexity index is 468. The van der Waals surface area contributed by atoms with Crippen LogP contribution in [0.4, 0.5) is 0 Å². The predicted molar refractivity (Wildman–Crippen MR) is 83.4 cm³/mol. The molecule has 0 bridgehead atoms. The van der Waals surface area contributed by atoms with Crippen LogP contribution in [0.2, 0.25) is 5.02 Å². The number of benzene rings is 1. The first-order valence-corrected chi connectivity index (χ1v) is 7.70. The smallest absolute Gasteiger partial charge is 0.255 e. The number of hydrogen-bond acceptors (Lipinski definition) is 2. The van der Waals surface area contributed by atoms with Crippen molar-refractivity contribution < 1.29 is 4.79 Å². The van der Waals surface area contributed by atoms with Gasteiger partial charge in [-0.05, 0) is 57.3 Å². The van der Waals surface area contributed by atoms with E-state index in [1.165, 1.54) is 6.42 Å². The third-order valence-electron chi connectivity index (χ3n) is 4.13. The minimum absolute atomic E-state index is 0.0748. The lowest BCUT2D eigenvalue weighted by molar-refractivity contribution is 0.0687. The summed E-state index contributed by atoms with van der Waals surface area (Å²) < 4.78 is 0. The van der Waals surface area contributed by atoms with Crippen LogP contribution >= 0.6 is 11.6 Å². The van der Waals surface area contributed by atoms with Crippen molar-refractivity contribution in [1.29, 1.82) is 0 Å². The zero-order valence-corrected chi connectivity index (χ0v) is 13.0. The van der Waals surface area contributed by atoms with Gasteiger partial charge in [-0.25, -0.2) is 0 Å². The Hall–Kier alpha value is -1.06. The van der Waals surface area contributed by atoms with E-state index in [0.717, 1.165) is 44.0 Å². The molecule has 20 heavy (non-hydrogen) atoms. The van der Waals surface area contributed by atoms with Crippen molar-refractivity contribution in [2.45, 2.75) is 26.2 Å². The van der Waals surface area contributed by atoms with E-state index in [1.54, 1.807) is 0 Å². The van der Waals surface area contributed by atoms with Crippen molar-refractivity contribution in [2.75, 3.05) is 26.7 Å². The van der Waals surface area contributed by atoms with Gasteiger partial charge in [0.05, 0.1) is 10.6 Å². The Morgan fingerprint density at radius 3 is 2.75 bits per heavy atom. The fourth-order valence-corrected chi connectivity index (χ4v) is 2.96. The van der Waals surface area contributed by atoms with Gasteiger partial charge < -0.3 is 10.2 Å². The number of nitrogens with one attached hydrogen (secondary N) is 1. The van der Waals surface area contributed by atoms with Gasteiger partial charge in [0.15, 0.2) is 0 Å². The molecule has 4 heteroatoms. The normalized spacial score (nSPS) is 16.4. The van der Waals surface area contributed by atoms with E-state index in [1.807, 2.05) is 37.1 Å². The van der Waals surface area contributed by atoms with Crippen LogP contribution in [-0.4, -0.2) is 37.5 Å². The highest BCUT2D eigenvalue weighted by Gasteiger charge is 2.24. The molecule has 1 heterocycles. The molecule has 0 aliphatic carbocycles. The van der Waals surface area contributed by atoms with E-state index in [0.29, 0.717) is 10.6 Å². The van der Waals surface area contributed by atoms with Gasteiger partial charge in [-0.3, -0.25) is 4.79 Å². The monoisotopic (exact) mass is 294 g/mol. The molecule has 0 radical (unpaired) electrons. The van der Waals surface area contributed by atoms with E-state index in [-0.39, 0.29) is 5.91 Å². The molecule has 1 saturated heterocycles. The maximum Gasteiger partial charge on any atom is 0.255 e. The number of nitrogens with zero attached hydrogens (tertiary/aromatic N) is 1. The van der Waals surface area contributed by atoms with Crippen molar-refractivity contribution in [2.24, 2.45) is 5.92 Å². The summed E-state index contributed by atoms with van der Waals surface area (Å²) in [7, 11) is 1.98. The Morgan fingerprint density at radius 2 is 2.10 bits per heavy atom. The summed E-state index contributed by atoms with van der Waals surface area (Å²) in [6.07, 6.45) is 3.39. The molecule has 0 aromatic heterocycles. The Balaban J connectivity index is 1.96. The first-order chi connectivity index (χ1) is 9.63. The highest BCUT2D eigenvalue weighted by Crippen LogP contribution is 2.25. The molecule has 1 aliphatic heterocycles. The number of amides is 1. The third-order valence-corrected chi connectivity index (χ3v) is 4.63. The number of aryl methyl sites for hydroxylation is 1. The number of carbonyl (C=O) groups excluding carboxylic acids is 1. The molecule has 1 aromatic rings. The summed E-state index contributed by atoms with van der Waals surface area (Å²) in [6.45, 7) is 4.68. The number of likely N-dealkylation sites (tertiary alicyclic amines) is 1. The largest absolute Gasteiger partial charge is 0.339 e. The van der Waals surface area contributed by atoms with Crippen LogP contribution in [0.25, 0.3) is 0 Å². The first kappa shape index (κ1) is 15.3. The maximum absolute atomic E-state index is 12.5. The van der Waals surface area contributed by atoms with Crippen LogP contribution < -0.4 is 5.32 Å². The molecule has 1 N–H and O–H groups in total. The molecule has 0 spiro atoms. The quantitative estimate of drug-likeness (QED) is 0.925. The molecule has 0 saturated carbocycles. The van der Waals surface area contributed by atoms with Crippen molar-refractivity contribution >= 4 is 17.5 Å². The molecule has 1 fully saturated rings. The molecular formula is C16H23ClN2O. The molecular weight excluding hydrogens is 272 g/mol. The first-order valence-electron chi connectivity index (χ1n) is 7.32. The summed E-state index contributed by atoms with van der Waals surface area (Å²) in [4.78, 5) is 14.5. The zero-order valence-electron chi connectivity index (χ0n) is 12.3. The number of piperidine rings is 1. The topological polar surface area (TPSA) is 32.3 Å². The van der Waals surface area contributed by atoms with Gasteiger partial charge in [-0.1, -0.05) is 23.7 Å². The molecule has 110 valence electrons. The van der Waals surface area contributed by atoms with E-state index < -0.39 is 0 Å². The maximum atomic E-state index is 12.5. The van der Waals surface area contributed by atoms with E-state index in [4.69, 9.17) is 11.6 Å². The van der Waals surface area contributed by atoms with Gasteiger partial charge in [-0.2, -0.15) is 0 Å². The minimum Gasteiger partial charge on any atom is -0.339 e. The lowest BCUT2D eigenvalue weighted by Crippen LogP contribution is -2.39. The number of rotatable bonds is 4. The number of hydrogen-bond donors (Lipinski definition) is 1. The van der Waals surface area contributed by atoms with Crippen LogP contribution in [-0.2, 0) is 0 Å². The Labute approximate surface area is 126 Å². The van der Waals surface area contributed by atoms with Gasteiger partial charge in [-0.15, -0.1) is 0 Å². The Morgan fingerprint density at radius 1 is 1.40 bits per heavy atom. The fraction of sp³-hybridized carbons (Fsp3) is 0.562. The van der Waals surface area contributed by atoms with Crippen molar-refractivity contribution in [3.05, 3.63) is 34.3 Å². The van der Waals surface area contributed by atoms with E-state index >= 15 is 0 Å². The SMILES string of the molecule is CNCCC1CCN(C(=O)c2cccc(C)c2Cl)CC1. The summed E-state index contributed by atoms with van der Waals surface area (Å²) in [5.74, 6) is 0.810. The van der Waals surface area contributed by atoms with Gasteiger partial charge in [0.2, 0.25) is 0 Å². The van der Waals surface area contributed by atoms with Crippen molar-refractivity contribution in [1.82, 2.24) is 10.2 Å². The van der Waals surface area contributed by atoms with Gasteiger partial charge in [0, 0.05) is 13.1 Å². The predicted octanol–water partition coefficient (Wildman–Crippen LogP) is 3.11. The summed E-state index contributed by atoms with van der Waals surface area (Å²) >= 11 is 6.25. The highest BCUT2D eigenvalue weighted by molar-refractivity contribution is 6.34. The molecule has 1 aromatic carbocycles. The Kier molecular flexibility index (Phi) is 5.44. The van der Waals surface area contributed by atoms with E-state index in [2.05, 4.69) is 5.32 Å². The lowest BCUT2D eigenvalue weighted by Gasteiger charge is -2.32. The molecule has 1 amide bonds. The van der Waals surface area contributed by atoms with Gasteiger partial charge in [0.1, 0.15) is 0 Å². The van der Waals surface area contributed by atoms with E-state index in [9.17, 15) is 4.79 Å². The van der Waals surface area contributed by atoms with Gasteiger partial charge >= 0.3 is 0 Å². The number of carbonyl (C=O) groups is 1. The standard InChI is InChI=1S/C16H23ClN2O/c1-12-4-3-5-14(15(12)17)16(20)19-10-7-13(8-11-19)6-9-18-2/h3-5,13,18H,6-11H2,1-2H3. The highest BCUT2D eigenvalue weighted by atomic mass is 35.5. The average molecular weight is 295 g/mol. The van der Waals surface area contributed by atoms with Crippen LogP contribution in [0, 0.1) is 12.8 Å². The second-order valence-electron chi connectivity index (χ2n) is 5.56. The summed E-state index contributed by atoms with van der Waals surface area (Å²) in [5, 5.41) is 3.78. The molecule has 2 rings (SSSR count). The third kappa shape index (κ3) is 3.53. The van der Waals surface area contributed by atoms with Crippen LogP contribution in [0.3, 0.4) is 0 Å². The molecule has 0 atom stereocenters. The molecule has 0 unspecified atom stereocenters. The number of halogens is 1. The van der Waals surface area contributed by atoms with Crippen LogP contribution in [0.5, 0.6) is 0 Å². The fourth-order valence-electron chi connectivity index (χ4n) is 2.76.